The number of nitrogens with zero attached hydrogens (tertiary/aromatic N) is 4. The molecule has 0 N–H and O–H groups in total. The predicted molar refractivity (Wildman–Crippen MR) is 214 cm³/mol. The molecule has 0 aliphatic rings. The maximum absolute atomic E-state index is 5.27. The quantitative estimate of drug-likeness (QED) is 0.187. The van der Waals surface area contributed by atoms with E-state index in [9.17, 15) is 0 Å². The van der Waals surface area contributed by atoms with E-state index in [0.717, 1.165) is 37.9 Å². The second kappa shape index (κ2) is 11.0. The molecule has 4 aromatic heterocycles. The molecular formula is C46H28N4S. The van der Waals surface area contributed by atoms with Gasteiger partial charge in [0.2, 0.25) is 5.95 Å². The third-order valence-electron chi connectivity index (χ3n) is 10.2. The highest BCUT2D eigenvalue weighted by Gasteiger charge is 2.17. The van der Waals surface area contributed by atoms with E-state index in [1.807, 2.05) is 6.20 Å². The molecule has 0 aliphatic heterocycles. The molecule has 0 amide bonds. The molecule has 7 aromatic carbocycles. The molecular weight excluding hydrogens is 641 g/mol. The summed E-state index contributed by atoms with van der Waals surface area (Å²) in [6.07, 6.45) is 1.99. The molecule has 0 saturated heterocycles. The van der Waals surface area contributed by atoms with Crippen molar-refractivity contribution < 1.29 is 0 Å². The van der Waals surface area contributed by atoms with Gasteiger partial charge in [-0.3, -0.25) is 4.57 Å². The van der Waals surface area contributed by atoms with Crippen molar-refractivity contribution in [3.05, 3.63) is 170 Å². The van der Waals surface area contributed by atoms with E-state index in [0.29, 0.717) is 5.95 Å². The molecule has 5 heteroatoms. The third-order valence-corrected chi connectivity index (χ3v) is 11.3. The van der Waals surface area contributed by atoms with Crippen LogP contribution in [0.5, 0.6) is 0 Å². The van der Waals surface area contributed by atoms with Crippen LogP contribution in [0.1, 0.15) is 0 Å². The molecule has 51 heavy (non-hydrogen) atoms. The number of rotatable bonds is 4. The van der Waals surface area contributed by atoms with Crippen molar-refractivity contribution in [1.29, 1.82) is 0 Å². The van der Waals surface area contributed by atoms with Crippen molar-refractivity contribution in [2.24, 2.45) is 0 Å². The Balaban J connectivity index is 1.06. The van der Waals surface area contributed by atoms with Gasteiger partial charge < -0.3 is 4.57 Å². The van der Waals surface area contributed by atoms with Gasteiger partial charge in [0, 0.05) is 37.3 Å². The van der Waals surface area contributed by atoms with E-state index in [2.05, 4.69) is 173 Å². The summed E-state index contributed by atoms with van der Waals surface area (Å²) in [6.45, 7) is 0. The summed E-state index contributed by atoms with van der Waals surface area (Å²) in [5.41, 5.74) is 11.5. The lowest BCUT2D eigenvalue weighted by molar-refractivity contribution is 1.01. The smallest absolute Gasteiger partial charge is 0.235 e. The van der Waals surface area contributed by atoms with Crippen LogP contribution in [-0.4, -0.2) is 19.1 Å². The first kappa shape index (κ1) is 28.3. The topological polar surface area (TPSA) is 35.6 Å². The second-order valence-corrected chi connectivity index (χ2v) is 14.1. The number of aromatic nitrogens is 4. The number of thiophene rings is 1. The predicted octanol–water partition coefficient (Wildman–Crippen LogP) is 12.4. The minimum absolute atomic E-state index is 0.687. The Morgan fingerprint density at radius 3 is 1.55 bits per heavy atom. The fraction of sp³-hybridized carbons (Fsp3) is 0. The first-order chi connectivity index (χ1) is 25.3. The number of hydrogen-bond acceptors (Lipinski definition) is 3. The van der Waals surface area contributed by atoms with E-state index < -0.39 is 0 Å². The highest BCUT2D eigenvalue weighted by Crippen LogP contribution is 2.40. The van der Waals surface area contributed by atoms with Crippen LogP contribution in [-0.2, 0) is 0 Å². The van der Waals surface area contributed by atoms with Crippen molar-refractivity contribution in [2.45, 2.75) is 0 Å². The summed E-state index contributed by atoms with van der Waals surface area (Å²) in [4.78, 5) is 10.2. The van der Waals surface area contributed by atoms with Gasteiger partial charge in [-0.2, -0.15) is 0 Å². The van der Waals surface area contributed by atoms with Gasteiger partial charge in [0.1, 0.15) is 0 Å². The zero-order valence-electron chi connectivity index (χ0n) is 27.4. The average molecular weight is 669 g/mol. The highest BCUT2D eigenvalue weighted by atomic mass is 32.1. The zero-order chi connectivity index (χ0) is 33.5. The Labute approximate surface area is 297 Å². The van der Waals surface area contributed by atoms with Gasteiger partial charge in [0.15, 0.2) is 0 Å². The van der Waals surface area contributed by atoms with Crippen molar-refractivity contribution >= 4 is 75.3 Å². The Morgan fingerprint density at radius 1 is 0.412 bits per heavy atom. The van der Waals surface area contributed by atoms with Gasteiger partial charge in [-0.25, -0.2) is 9.97 Å². The van der Waals surface area contributed by atoms with Gasteiger partial charge >= 0.3 is 0 Å². The van der Waals surface area contributed by atoms with Crippen LogP contribution in [0.3, 0.4) is 0 Å². The molecule has 0 radical (unpaired) electrons. The summed E-state index contributed by atoms with van der Waals surface area (Å²) < 4.78 is 6.86. The van der Waals surface area contributed by atoms with Crippen molar-refractivity contribution in [3.8, 4) is 33.9 Å². The third kappa shape index (κ3) is 4.25. The molecule has 0 aliphatic carbocycles. The summed E-state index contributed by atoms with van der Waals surface area (Å²) in [6, 6.07) is 58.8. The molecule has 4 heterocycles. The lowest BCUT2D eigenvalue weighted by atomic mass is 9.94. The highest BCUT2D eigenvalue weighted by molar-refractivity contribution is 7.25. The Kier molecular flexibility index (Phi) is 6.09. The van der Waals surface area contributed by atoms with E-state index in [1.165, 1.54) is 54.0 Å². The lowest BCUT2D eigenvalue weighted by Gasteiger charge is -2.13. The van der Waals surface area contributed by atoms with Crippen molar-refractivity contribution in [3.63, 3.8) is 0 Å². The Hall–Kier alpha value is -6.56. The maximum Gasteiger partial charge on any atom is 0.235 e. The lowest BCUT2D eigenvalue weighted by Crippen LogP contribution is -2.00. The van der Waals surface area contributed by atoms with Crippen molar-refractivity contribution in [2.75, 3.05) is 0 Å². The van der Waals surface area contributed by atoms with Gasteiger partial charge in [0.05, 0.1) is 38.5 Å². The molecule has 0 bridgehead atoms. The molecule has 0 spiro atoms. The molecule has 0 fully saturated rings. The molecule has 0 saturated carbocycles. The number of benzene rings is 7. The maximum atomic E-state index is 5.27. The first-order valence-electron chi connectivity index (χ1n) is 17.2. The zero-order valence-corrected chi connectivity index (χ0v) is 28.2. The Bertz CT molecular complexity index is 3060. The van der Waals surface area contributed by atoms with Gasteiger partial charge in [-0.15, -0.1) is 11.3 Å². The van der Waals surface area contributed by atoms with Crippen LogP contribution >= 0.6 is 11.3 Å². The normalized spacial score (nSPS) is 11.9. The fourth-order valence-corrected chi connectivity index (χ4v) is 8.96. The molecule has 4 nitrogen and oxygen atoms in total. The minimum Gasteiger partial charge on any atom is -0.309 e. The first-order valence-corrected chi connectivity index (χ1v) is 18.0. The molecule has 0 atom stereocenters. The summed E-state index contributed by atoms with van der Waals surface area (Å²) in [7, 11) is 0. The molecule has 0 unspecified atom stereocenters. The van der Waals surface area contributed by atoms with Crippen LogP contribution in [0.15, 0.2) is 170 Å². The number of fused-ring (bicyclic) bond motifs is 9. The SMILES string of the molecule is c1cc(-c2ccccc2-c2ccc3sc4cnc(-n5c6ccccc6c6ccccc65)nc4c3c2)cc(-n2c3ccccc3c3ccccc32)c1. The minimum atomic E-state index is 0.687. The Morgan fingerprint density at radius 2 is 0.941 bits per heavy atom. The van der Waals surface area contributed by atoms with E-state index >= 15 is 0 Å². The van der Waals surface area contributed by atoms with Gasteiger partial charge in [0.25, 0.3) is 0 Å². The summed E-state index contributed by atoms with van der Waals surface area (Å²) in [5.74, 6) is 0.687. The molecule has 238 valence electrons. The van der Waals surface area contributed by atoms with Crippen LogP contribution in [0.25, 0.3) is 97.8 Å². The molecule has 11 aromatic rings. The van der Waals surface area contributed by atoms with Gasteiger partial charge in [-0.05, 0) is 70.8 Å². The van der Waals surface area contributed by atoms with Crippen LogP contribution in [0, 0.1) is 0 Å². The molecule has 11 rings (SSSR count). The largest absolute Gasteiger partial charge is 0.309 e. The number of hydrogen-bond donors (Lipinski definition) is 0. The summed E-state index contributed by atoms with van der Waals surface area (Å²) >= 11 is 1.74. The average Bonchev–Trinajstić information content (AvgIpc) is 3.85. The monoisotopic (exact) mass is 668 g/mol. The van der Waals surface area contributed by atoms with E-state index in [1.54, 1.807) is 11.3 Å². The number of para-hydroxylation sites is 4. The van der Waals surface area contributed by atoms with E-state index in [4.69, 9.17) is 9.97 Å². The fourth-order valence-electron chi connectivity index (χ4n) is 7.96. The van der Waals surface area contributed by atoms with E-state index in [-0.39, 0.29) is 0 Å². The van der Waals surface area contributed by atoms with Crippen molar-refractivity contribution in [1.82, 2.24) is 19.1 Å². The summed E-state index contributed by atoms with van der Waals surface area (Å²) in [5, 5.41) is 6.08. The van der Waals surface area contributed by atoms with Crippen LogP contribution in [0.4, 0.5) is 0 Å². The van der Waals surface area contributed by atoms with Gasteiger partial charge in [-0.1, -0.05) is 115 Å². The second-order valence-electron chi connectivity index (χ2n) is 13.0. The standard InChI is InChI=1S/C46H28N4S/c1-2-15-33(32(14-1)29-12-11-13-31(26-29)49-39-20-7-3-16-34(39)35-17-4-8-21-40(35)49)30-24-25-43-38(27-30)45-44(51-43)28-47-46(48-45)50-41-22-9-5-18-36(41)37-19-6-10-23-42(37)50/h1-28H. The van der Waals surface area contributed by atoms with Crippen LogP contribution in [0.2, 0.25) is 0 Å². The van der Waals surface area contributed by atoms with Crippen LogP contribution < -0.4 is 0 Å².